The van der Waals surface area contributed by atoms with E-state index < -0.39 is 12.0 Å². The Labute approximate surface area is 96.0 Å². The lowest BCUT2D eigenvalue weighted by Gasteiger charge is -2.25. The molecule has 0 heterocycles. The van der Waals surface area contributed by atoms with E-state index in [-0.39, 0.29) is 18.1 Å². The summed E-state index contributed by atoms with van der Waals surface area (Å²) in [7, 11) is 0. The van der Waals surface area contributed by atoms with Crippen LogP contribution in [0.5, 0.6) is 0 Å². The molecule has 2 aliphatic carbocycles. The van der Waals surface area contributed by atoms with Gasteiger partial charge < -0.3 is 10.2 Å². The van der Waals surface area contributed by atoms with Crippen molar-refractivity contribution in [3.05, 3.63) is 0 Å². The van der Waals surface area contributed by atoms with Crippen LogP contribution in [0.4, 0.5) is 0 Å². The third kappa shape index (κ3) is 2.95. The van der Waals surface area contributed by atoms with Gasteiger partial charge in [-0.05, 0) is 31.6 Å². The van der Waals surface area contributed by atoms with Crippen LogP contribution < -0.4 is 5.32 Å². The number of carboxylic acids is 1. The monoisotopic (exact) mass is 227 g/mol. The molecule has 4 nitrogen and oxygen atoms in total. The van der Waals surface area contributed by atoms with Crippen molar-refractivity contribution in [2.24, 2.45) is 5.92 Å². The fourth-order valence-corrected chi connectivity index (χ4v) is 2.55. The van der Waals surface area contributed by atoms with E-state index >= 15 is 0 Å². The molecule has 0 spiro atoms. The van der Waals surface area contributed by atoms with E-state index in [1.807, 2.05) is 0 Å². The zero-order valence-electron chi connectivity index (χ0n) is 9.56. The van der Waals surface area contributed by atoms with E-state index in [9.17, 15) is 9.90 Å². The van der Waals surface area contributed by atoms with Gasteiger partial charge in [0, 0.05) is 6.04 Å². The first-order valence-corrected chi connectivity index (χ1v) is 6.35. The van der Waals surface area contributed by atoms with E-state index in [4.69, 9.17) is 5.11 Å². The number of rotatable bonds is 4. The molecule has 3 N–H and O–H groups in total. The Bertz CT molecular complexity index is 253. The molecule has 0 aliphatic heterocycles. The average Bonchev–Trinajstić information content (AvgIpc) is 3.03. The predicted molar refractivity (Wildman–Crippen MR) is 60.2 cm³/mol. The number of hydrogen-bond acceptors (Lipinski definition) is 3. The summed E-state index contributed by atoms with van der Waals surface area (Å²) < 4.78 is 0. The molecule has 2 rings (SSSR count). The zero-order chi connectivity index (χ0) is 11.5. The highest BCUT2D eigenvalue weighted by Crippen LogP contribution is 2.33. The molecule has 0 radical (unpaired) electrons. The molecule has 0 amide bonds. The van der Waals surface area contributed by atoms with Crippen molar-refractivity contribution >= 4 is 5.97 Å². The first-order valence-electron chi connectivity index (χ1n) is 6.35. The van der Waals surface area contributed by atoms with Crippen molar-refractivity contribution in [1.82, 2.24) is 5.32 Å². The Morgan fingerprint density at radius 2 is 1.81 bits per heavy atom. The molecule has 0 saturated heterocycles. The minimum Gasteiger partial charge on any atom is -0.480 e. The molecule has 0 aromatic heterocycles. The minimum absolute atomic E-state index is 0.0239. The molecule has 2 aliphatic rings. The lowest BCUT2D eigenvalue weighted by Crippen LogP contribution is -2.49. The van der Waals surface area contributed by atoms with E-state index in [1.54, 1.807) is 0 Å². The highest BCUT2D eigenvalue weighted by atomic mass is 16.4. The molecule has 3 atom stereocenters. The smallest absolute Gasteiger partial charge is 0.320 e. The maximum atomic E-state index is 11.1. The largest absolute Gasteiger partial charge is 0.480 e. The van der Waals surface area contributed by atoms with Crippen LogP contribution in [0.15, 0.2) is 0 Å². The normalized spacial score (nSPS) is 33.1. The van der Waals surface area contributed by atoms with Crippen LogP contribution in [0.25, 0.3) is 0 Å². The maximum Gasteiger partial charge on any atom is 0.320 e. The van der Waals surface area contributed by atoms with E-state index in [1.165, 1.54) is 0 Å². The van der Waals surface area contributed by atoms with Gasteiger partial charge in [-0.25, -0.2) is 0 Å². The van der Waals surface area contributed by atoms with Crippen molar-refractivity contribution in [2.75, 3.05) is 0 Å². The maximum absolute atomic E-state index is 11.1. The third-order valence-corrected chi connectivity index (χ3v) is 3.73. The molecule has 3 unspecified atom stereocenters. The van der Waals surface area contributed by atoms with Crippen LogP contribution in [-0.2, 0) is 4.79 Å². The van der Waals surface area contributed by atoms with E-state index in [0.29, 0.717) is 0 Å². The number of carboxylic acid groups (broad SMARTS) is 1. The molecule has 16 heavy (non-hydrogen) atoms. The van der Waals surface area contributed by atoms with Gasteiger partial charge in [0.15, 0.2) is 0 Å². The molecule has 4 heteroatoms. The van der Waals surface area contributed by atoms with Crippen molar-refractivity contribution in [3.8, 4) is 0 Å². The Morgan fingerprint density at radius 1 is 1.12 bits per heavy atom. The van der Waals surface area contributed by atoms with E-state index in [2.05, 4.69) is 5.32 Å². The molecule has 0 bridgehead atoms. The van der Waals surface area contributed by atoms with Crippen LogP contribution in [0.1, 0.15) is 44.9 Å². The van der Waals surface area contributed by atoms with Gasteiger partial charge in [-0.1, -0.05) is 19.3 Å². The third-order valence-electron chi connectivity index (χ3n) is 3.73. The van der Waals surface area contributed by atoms with Gasteiger partial charge in [0.05, 0.1) is 6.10 Å². The summed E-state index contributed by atoms with van der Waals surface area (Å²) >= 11 is 0. The number of aliphatic hydroxyl groups is 1. The average molecular weight is 227 g/mol. The number of hydrogen-bond donors (Lipinski definition) is 3. The highest BCUT2D eigenvalue weighted by Gasteiger charge is 2.38. The highest BCUT2D eigenvalue weighted by molar-refractivity contribution is 5.74. The first-order chi connectivity index (χ1) is 7.68. The molecule has 0 aromatic carbocycles. The van der Waals surface area contributed by atoms with Gasteiger partial charge in [0.1, 0.15) is 6.04 Å². The summed E-state index contributed by atoms with van der Waals surface area (Å²) in [5.41, 5.74) is 0. The number of carbonyl (C=O) groups is 1. The van der Waals surface area contributed by atoms with Crippen LogP contribution in [0, 0.1) is 5.92 Å². The van der Waals surface area contributed by atoms with Gasteiger partial charge in [0.2, 0.25) is 0 Å². The van der Waals surface area contributed by atoms with Gasteiger partial charge in [-0.15, -0.1) is 0 Å². The molecule has 92 valence electrons. The van der Waals surface area contributed by atoms with Crippen molar-refractivity contribution < 1.29 is 15.0 Å². The summed E-state index contributed by atoms with van der Waals surface area (Å²) in [5, 5.41) is 22.2. The minimum atomic E-state index is -0.765. The summed E-state index contributed by atoms with van der Waals surface area (Å²) in [5.74, 6) is -0.480. The Balaban J connectivity index is 1.91. The molecular formula is C12H21NO3. The molecule has 2 saturated carbocycles. The van der Waals surface area contributed by atoms with Gasteiger partial charge in [-0.2, -0.15) is 0 Å². The molecule has 2 fully saturated rings. The second kappa shape index (κ2) is 5.15. The number of aliphatic hydroxyl groups excluding tert-OH is 1. The van der Waals surface area contributed by atoms with Crippen molar-refractivity contribution in [3.63, 3.8) is 0 Å². The standard InChI is InChI=1S/C12H21NO3/c14-10-5-3-1-2-4-9(10)13-11(12(15)16)8-6-7-8/h8-11,13-14H,1-7H2,(H,15,16). The predicted octanol–water partition coefficient (Wildman–Crippen LogP) is 1.13. The van der Waals surface area contributed by atoms with Crippen LogP contribution in [-0.4, -0.2) is 34.4 Å². The van der Waals surface area contributed by atoms with Gasteiger partial charge in [0.25, 0.3) is 0 Å². The SMILES string of the molecule is O=C(O)C(NC1CCCCCC1O)C1CC1. The quantitative estimate of drug-likeness (QED) is 0.630. The van der Waals surface area contributed by atoms with Crippen LogP contribution in [0.2, 0.25) is 0 Å². The summed E-state index contributed by atoms with van der Waals surface area (Å²) in [4.78, 5) is 11.1. The second-order valence-electron chi connectivity index (χ2n) is 5.13. The second-order valence-corrected chi connectivity index (χ2v) is 5.13. The van der Waals surface area contributed by atoms with Gasteiger partial charge >= 0.3 is 5.97 Å². The van der Waals surface area contributed by atoms with Crippen LogP contribution >= 0.6 is 0 Å². The Kier molecular flexibility index (Phi) is 3.82. The lowest BCUT2D eigenvalue weighted by molar-refractivity contribution is -0.140. The fraction of sp³-hybridized carbons (Fsp3) is 0.917. The van der Waals surface area contributed by atoms with Crippen molar-refractivity contribution in [1.29, 1.82) is 0 Å². The number of nitrogens with one attached hydrogen (secondary N) is 1. The summed E-state index contributed by atoms with van der Waals surface area (Å²) in [6, 6.07) is -0.470. The first kappa shape index (κ1) is 11.9. The lowest BCUT2D eigenvalue weighted by atomic mass is 10.0. The number of aliphatic carboxylic acids is 1. The zero-order valence-corrected chi connectivity index (χ0v) is 9.56. The Hall–Kier alpha value is -0.610. The molecular weight excluding hydrogens is 206 g/mol. The topological polar surface area (TPSA) is 69.6 Å². The van der Waals surface area contributed by atoms with E-state index in [0.717, 1.165) is 44.9 Å². The van der Waals surface area contributed by atoms with Gasteiger partial charge in [-0.3, -0.25) is 10.1 Å². The summed E-state index contributed by atoms with van der Waals surface area (Å²) in [6.45, 7) is 0. The van der Waals surface area contributed by atoms with Crippen LogP contribution in [0.3, 0.4) is 0 Å². The fourth-order valence-electron chi connectivity index (χ4n) is 2.55. The molecule has 0 aromatic rings. The summed E-state index contributed by atoms with van der Waals surface area (Å²) in [6.07, 6.45) is 6.64. The van der Waals surface area contributed by atoms with Crippen molar-refractivity contribution in [2.45, 2.75) is 63.1 Å². The Morgan fingerprint density at radius 3 is 2.44 bits per heavy atom.